The third kappa shape index (κ3) is 3.68. The maximum Gasteiger partial charge on any atom is 0.350 e. The average Bonchev–Trinajstić information content (AvgIpc) is 2.73. The SMILES string of the molecule is CC(CNC(=O)Cn1nc2ccccn2c1=O)CC(=O)O. The molecule has 0 bridgehead atoms. The van der Waals surface area contributed by atoms with Gasteiger partial charge in [0.2, 0.25) is 5.91 Å². The molecule has 2 rings (SSSR count). The van der Waals surface area contributed by atoms with E-state index in [0.717, 1.165) is 4.68 Å². The van der Waals surface area contributed by atoms with Crippen molar-refractivity contribution in [1.82, 2.24) is 19.5 Å². The van der Waals surface area contributed by atoms with Gasteiger partial charge in [0.1, 0.15) is 6.54 Å². The topological polar surface area (TPSA) is 106 Å². The third-order valence-electron chi connectivity index (χ3n) is 2.95. The maximum atomic E-state index is 12.0. The molecule has 21 heavy (non-hydrogen) atoms. The number of nitrogens with one attached hydrogen (secondary N) is 1. The molecule has 0 aromatic carbocycles. The van der Waals surface area contributed by atoms with E-state index >= 15 is 0 Å². The number of carboxylic acids is 1. The van der Waals surface area contributed by atoms with E-state index in [0.29, 0.717) is 5.65 Å². The Morgan fingerprint density at radius 2 is 2.19 bits per heavy atom. The highest BCUT2D eigenvalue weighted by atomic mass is 16.4. The van der Waals surface area contributed by atoms with Crippen molar-refractivity contribution in [3.63, 3.8) is 0 Å². The predicted octanol–water partition coefficient (Wildman–Crippen LogP) is -0.277. The van der Waals surface area contributed by atoms with Gasteiger partial charge in [0.25, 0.3) is 0 Å². The van der Waals surface area contributed by atoms with E-state index in [4.69, 9.17) is 5.11 Å². The lowest BCUT2D eigenvalue weighted by Gasteiger charge is -2.09. The standard InChI is InChI=1S/C13H16N4O4/c1-9(6-12(19)20)7-14-11(18)8-17-13(21)16-5-3-2-4-10(16)15-17/h2-5,9H,6-8H2,1H3,(H,14,18)(H,19,20). The summed E-state index contributed by atoms with van der Waals surface area (Å²) in [7, 11) is 0. The first-order valence-electron chi connectivity index (χ1n) is 6.50. The van der Waals surface area contributed by atoms with Gasteiger partial charge < -0.3 is 10.4 Å². The molecule has 1 amide bonds. The van der Waals surface area contributed by atoms with Crippen LogP contribution in [0.2, 0.25) is 0 Å². The van der Waals surface area contributed by atoms with Crippen LogP contribution in [-0.2, 0) is 16.1 Å². The second-order valence-electron chi connectivity index (χ2n) is 4.88. The Bertz CT molecular complexity index is 718. The van der Waals surface area contributed by atoms with Gasteiger partial charge in [0, 0.05) is 19.2 Å². The van der Waals surface area contributed by atoms with Gasteiger partial charge in [0.15, 0.2) is 5.65 Å². The molecule has 2 aromatic rings. The van der Waals surface area contributed by atoms with Crippen LogP contribution in [0.5, 0.6) is 0 Å². The highest BCUT2D eigenvalue weighted by molar-refractivity contribution is 5.75. The van der Waals surface area contributed by atoms with Gasteiger partial charge in [-0.1, -0.05) is 13.0 Å². The van der Waals surface area contributed by atoms with E-state index in [9.17, 15) is 14.4 Å². The number of carboxylic acid groups (broad SMARTS) is 1. The molecule has 0 aliphatic rings. The summed E-state index contributed by atoms with van der Waals surface area (Å²) in [6, 6.07) is 5.12. The molecule has 112 valence electrons. The fourth-order valence-electron chi connectivity index (χ4n) is 1.92. The number of aliphatic carboxylic acids is 1. The van der Waals surface area contributed by atoms with Crippen molar-refractivity contribution in [3.8, 4) is 0 Å². The molecule has 0 aliphatic heterocycles. The Kier molecular flexibility index (Phi) is 4.36. The molecule has 2 heterocycles. The number of hydrogen-bond acceptors (Lipinski definition) is 4. The first kappa shape index (κ1) is 14.8. The molecule has 2 aromatic heterocycles. The van der Waals surface area contributed by atoms with Crippen LogP contribution < -0.4 is 11.0 Å². The van der Waals surface area contributed by atoms with Crippen molar-refractivity contribution in [1.29, 1.82) is 0 Å². The molecule has 8 nitrogen and oxygen atoms in total. The summed E-state index contributed by atoms with van der Waals surface area (Å²) in [4.78, 5) is 34.2. The Morgan fingerprint density at radius 3 is 2.86 bits per heavy atom. The Hall–Kier alpha value is -2.64. The molecule has 0 aliphatic carbocycles. The smallest absolute Gasteiger partial charge is 0.350 e. The lowest BCUT2D eigenvalue weighted by Crippen LogP contribution is -2.35. The minimum Gasteiger partial charge on any atom is -0.481 e. The largest absolute Gasteiger partial charge is 0.481 e. The van der Waals surface area contributed by atoms with Crippen molar-refractivity contribution in [2.75, 3.05) is 6.54 Å². The summed E-state index contributed by atoms with van der Waals surface area (Å²) in [5.74, 6) is -1.46. The lowest BCUT2D eigenvalue weighted by atomic mass is 10.1. The third-order valence-corrected chi connectivity index (χ3v) is 2.95. The number of fused-ring (bicyclic) bond motifs is 1. The van der Waals surface area contributed by atoms with Crippen LogP contribution in [0.4, 0.5) is 0 Å². The van der Waals surface area contributed by atoms with E-state index in [1.54, 1.807) is 31.3 Å². The number of hydrogen-bond donors (Lipinski definition) is 2. The molecular formula is C13H16N4O4. The van der Waals surface area contributed by atoms with Crippen molar-refractivity contribution >= 4 is 17.5 Å². The Morgan fingerprint density at radius 1 is 1.43 bits per heavy atom. The van der Waals surface area contributed by atoms with E-state index in [2.05, 4.69) is 10.4 Å². The molecule has 1 unspecified atom stereocenters. The highest BCUT2D eigenvalue weighted by Gasteiger charge is 2.12. The van der Waals surface area contributed by atoms with Crippen LogP contribution in [-0.4, -0.2) is 37.7 Å². The molecular weight excluding hydrogens is 276 g/mol. The lowest BCUT2D eigenvalue weighted by molar-refractivity contribution is -0.138. The summed E-state index contributed by atoms with van der Waals surface area (Å²) in [6.07, 6.45) is 1.56. The van der Waals surface area contributed by atoms with Gasteiger partial charge in [0.05, 0.1) is 0 Å². The number of nitrogens with zero attached hydrogens (tertiary/aromatic N) is 3. The zero-order valence-electron chi connectivity index (χ0n) is 11.5. The van der Waals surface area contributed by atoms with Crippen LogP contribution in [0.1, 0.15) is 13.3 Å². The Labute approximate surface area is 120 Å². The Balaban J connectivity index is 1.97. The number of carbonyl (C=O) groups is 2. The monoisotopic (exact) mass is 292 g/mol. The van der Waals surface area contributed by atoms with Crippen molar-refractivity contribution < 1.29 is 14.7 Å². The summed E-state index contributed by atoms with van der Waals surface area (Å²) in [5.41, 5.74) is 0.0777. The maximum absolute atomic E-state index is 12.0. The van der Waals surface area contributed by atoms with Crippen LogP contribution >= 0.6 is 0 Å². The molecule has 2 N–H and O–H groups in total. The van der Waals surface area contributed by atoms with Crippen LogP contribution in [0.25, 0.3) is 5.65 Å². The summed E-state index contributed by atoms with van der Waals surface area (Å²) in [5, 5.41) is 15.3. The minimum atomic E-state index is -0.909. The van der Waals surface area contributed by atoms with Crippen LogP contribution in [0.15, 0.2) is 29.2 Å². The first-order valence-corrected chi connectivity index (χ1v) is 6.50. The average molecular weight is 292 g/mol. The fraction of sp³-hybridized carbons (Fsp3) is 0.385. The van der Waals surface area contributed by atoms with Crippen LogP contribution in [0, 0.1) is 5.92 Å². The van der Waals surface area contributed by atoms with Gasteiger partial charge >= 0.3 is 11.7 Å². The van der Waals surface area contributed by atoms with E-state index in [1.807, 2.05) is 0 Å². The van der Waals surface area contributed by atoms with Gasteiger partial charge in [-0.05, 0) is 18.1 Å². The number of aromatic nitrogens is 3. The second kappa shape index (κ2) is 6.21. The summed E-state index contributed by atoms with van der Waals surface area (Å²) < 4.78 is 2.42. The molecule has 0 saturated carbocycles. The van der Waals surface area contributed by atoms with Crippen molar-refractivity contribution in [2.45, 2.75) is 19.9 Å². The van der Waals surface area contributed by atoms with Crippen molar-refractivity contribution in [3.05, 3.63) is 34.9 Å². The quantitative estimate of drug-likeness (QED) is 0.762. The van der Waals surface area contributed by atoms with Gasteiger partial charge in [-0.25, -0.2) is 9.48 Å². The fourth-order valence-corrected chi connectivity index (χ4v) is 1.92. The summed E-state index contributed by atoms with van der Waals surface area (Å²) in [6.45, 7) is 1.78. The molecule has 1 atom stereocenters. The predicted molar refractivity (Wildman–Crippen MR) is 73.9 cm³/mol. The minimum absolute atomic E-state index is 0.0193. The number of rotatable bonds is 6. The molecule has 0 spiro atoms. The van der Waals surface area contributed by atoms with Gasteiger partial charge in [-0.3, -0.25) is 14.0 Å². The second-order valence-corrected chi connectivity index (χ2v) is 4.88. The number of pyridine rings is 1. The highest BCUT2D eigenvalue weighted by Crippen LogP contribution is 1.99. The van der Waals surface area contributed by atoms with Gasteiger partial charge in [-0.2, -0.15) is 0 Å². The zero-order valence-corrected chi connectivity index (χ0v) is 11.5. The number of amides is 1. The summed E-state index contributed by atoms with van der Waals surface area (Å²) >= 11 is 0. The molecule has 0 radical (unpaired) electrons. The van der Waals surface area contributed by atoms with E-state index in [-0.39, 0.29) is 37.0 Å². The van der Waals surface area contributed by atoms with Gasteiger partial charge in [-0.15, -0.1) is 5.10 Å². The first-order chi connectivity index (χ1) is 9.97. The van der Waals surface area contributed by atoms with Crippen LogP contribution in [0.3, 0.4) is 0 Å². The van der Waals surface area contributed by atoms with E-state index in [1.165, 1.54) is 4.40 Å². The normalized spacial score (nSPS) is 12.2. The molecule has 0 saturated heterocycles. The molecule has 8 heteroatoms. The van der Waals surface area contributed by atoms with Crippen molar-refractivity contribution in [2.24, 2.45) is 5.92 Å². The van der Waals surface area contributed by atoms with E-state index < -0.39 is 5.97 Å². The number of carbonyl (C=O) groups excluding carboxylic acids is 1. The molecule has 0 fully saturated rings. The zero-order chi connectivity index (χ0) is 15.4.